The number of hydrogen-bond acceptors (Lipinski definition) is 3. The molecule has 0 aromatic carbocycles. The van der Waals surface area contributed by atoms with Gasteiger partial charge >= 0.3 is 18.4 Å². The van der Waals surface area contributed by atoms with E-state index in [1.807, 2.05) is 0 Å². The molecule has 0 amide bonds. The highest BCUT2D eigenvalue weighted by Gasteiger charge is 2.77. The van der Waals surface area contributed by atoms with E-state index in [0.717, 1.165) is 6.92 Å². The Labute approximate surface area is 64.8 Å². The SMILES string of the molecule is CCOS(=O)(=O)S(F)(F)(F)(F)F. The van der Waals surface area contributed by atoms with Crippen molar-refractivity contribution in [3.63, 3.8) is 0 Å². The number of rotatable bonds is 3. The largest absolute Gasteiger partial charge is 0.410 e. The Balaban J connectivity index is 5.37. The second-order valence-corrected chi connectivity index (χ2v) is 7.68. The summed E-state index contributed by atoms with van der Waals surface area (Å²) in [5, 5.41) is 0. The fraction of sp³-hybridized carbons (Fsp3) is 1.00. The maximum Gasteiger partial charge on any atom is 0.410 e. The Bertz CT molecular complexity index is 272. The lowest BCUT2D eigenvalue weighted by Gasteiger charge is -2.37. The summed E-state index contributed by atoms with van der Waals surface area (Å²) in [6.07, 6.45) is 0. The predicted octanol–water partition coefficient (Wildman–Crippen LogP) is 2.57. The smallest absolute Gasteiger partial charge is 0.256 e. The van der Waals surface area contributed by atoms with Crippen molar-refractivity contribution in [3.05, 3.63) is 0 Å². The van der Waals surface area contributed by atoms with E-state index in [4.69, 9.17) is 0 Å². The lowest BCUT2D eigenvalue weighted by molar-refractivity contribution is 0.318. The van der Waals surface area contributed by atoms with E-state index < -0.39 is 25.0 Å². The van der Waals surface area contributed by atoms with Crippen LogP contribution in [-0.2, 0) is 13.3 Å². The van der Waals surface area contributed by atoms with Gasteiger partial charge in [-0.3, -0.25) is 4.18 Å². The van der Waals surface area contributed by atoms with Gasteiger partial charge in [0.2, 0.25) is 0 Å². The minimum Gasteiger partial charge on any atom is -0.256 e. The lowest BCUT2D eigenvalue weighted by Crippen LogP contribution is -2.22. The lowest BCUT2D eigenvalue weighted by atomic mass is 10.9. The van der Waals surface area contributed by atoms with Gasteiger partial charge in [0.1, 0.15) is 0 Å². The van der Waals surface area contributed by atoms with Gasteiger partial charge in [-0.25, -0.2) is 0 Å². The molecule has 0 aliphatic rings. The van der Waals surface area contributed by atoms with Crippen molar-refractivity contribution in [2.45, 2.75) is 6.92 Å². The Morgan fingerprint density at radius 1 is 1.17 bits per heavy atom. The molecule has 12 heavy (non-hydrogen) atoms. The van der Waals surface area contributed by atoms with Gasteiger partial charge in [0.15, 0.2) is 0 Å². The third-order valence-electron chi connectivity index (χ3n) is 0.648. The summed E-state index contributed by atoms with van der Waals surface area (Å²) in [5.74, 6) is 0. The van der Waals surface area contributed by atoms with Gasteiger partial charge in [0, 0.05) is 0 Å². The highest BCUT2D eigenvalue weighted by molar-refractivity contribution is 8.97. The maximum atomic E-state index is 11.5. The van der Waals surface area contributed by atoms with Crippen molar-refractivity contribution >= 4 is 18.4 Å². The van der Waals surface area contributed by atoms with Crippen molar-refractivity contribution in [1.82, 2.24) is 0 Å². The van der Waals surface area contributed by atoms with Crippen molar-refractivity contribution in [1.29, 1.82) is 0 Å². The Morgan fingerprint density at radius 2 is 1.50 bits per heavy atom. The van der Waals surface area contributed by atoms with Gasteiger partial charge in [-0.2, -0.15) is 8.42 Å². The monoisotopic (exact) mass is 236 g/mol. The molecule has 78 valence electrons. The van der Waals surface area contributed by atoms with Crippen molar-refractivity contribution in [3.8, 4) is 0 Å². The van der Waals surface area contributed by atoms with E-state index in [-0.39, 0.29) is 0 Å². The molecule has 0 atom stereocenters. The van der Waals surface area contributed by atoms with Gasteiger partial charge in [0.05, 0.1) is 6.61 Å². The summed E-state index contributed by atoms with van der Waals surface area (Å²) in [7, 11) is -17.3. The van der Waals surface area contributed by atoms with E-state index in [9.17, 15) is 27.8 Å². The Kier molecular flexibility index (Phi) is 2.03. The summed E-state index contributed by atoms with van der Waals surface area (Å²) in [4.78, 5) is 0. The Morgan fingerprint density at radius 3 is 1.58 bits per heavy atom. The predicted molar refractivity (Wildman–Crippen MR) is 33.7 cm³/mol. The van der Waals surface area contributed by atoms with E-state index in [0.29, 0.717) is 0 Å². The molecule has 0 aromatic heterocycles. The molecule has 0 fully saturated rings. The van der Waals surface area contributed by atoms with Gasteiger partial charge < -0.3 is 0 Å². The second kappa shape index (κ2) is 2.04. The summed E-state index contributed by atoms with van der Waals surface area (Å²) >= 11 is 0. The molecule has 0 heterocycles. The van der Waals surface area contributed by atoms with Crippen LogP contribution in [0, 0.1) is 0 Å². The Hall–Kier alpha value is -0.0900. The summed E-state index contributed by atoms with van der Waals surface area (Å²) in [6.45, 7) is -0.144. The zero-order valence-corrected chi connectivity index (χ0v) is 7.27. The zero-order valence-electron chi connectivity index (χ0n) is 5.64. The molecule has 0 saturated heterocycles. The molecule has 3 nitrogen and oxygen atoms in total. The van der Waals surface area contributed by atoms with Crippen molar-refractivity contribution in [2.24, 2.45) is 0 Å². The molecule has 0 N–H and O–H groups in total. The fourth-order valence-corrected chi connectivity index (χ4v) is 1.54. The second-order valence-electron chi connectivity index (χ2n) is 1.71. The van der Waals surface area contributed by atoms with Crippen molar-refractivity contribution in [2.75, 3.05) is 6.61 Å². The third kappa shape index (κ3) is 2.20. The van der Waals surface area contributed by atoms with Crippen molar-refractivity contribution < 1.29 is 32.0 Å². The summed E-state index contributed by atoms with van der Waals surface area (Å²) < 4.78 is 80.0. The first-order valence-corrected chi connectivity index (χ1v) is 6.31. The highest BCUT2D eigenvalue weighted by Crippen LogP contribution is 3.01. The van der Waals surface area contributed by atoms with Crippen LogP contribution in [-0.4, -0.2) is 15.0 Å². The molecule has 0 bridgehead atoms. The average Bonchev–Trinajstić information content (AvgIpc) is 1.56. The quantitative estimate of drug-likeness (QED) is 0.558. The van der Waals surface area contributed by atoms with Gasteiger partial charge in [-0.1, -0.05) is 19.4 Å². The molecule has 0 radical (unpaired) electrons. The van der Waals surface area contributed by atoms with E-state index in [1.165, 1.54) is 0 Å². The maximum absolute atomic E-state index is 11.5. The van der Waals surface area contributed by atoms with Crippen LogP contribution >= 0.6 is 9.26 Å². The molecule has 10 heteroatoms. The molecular weight excluding hydrogens is 231 g/mol. The molecular formula is C2H5F5O3S2. The van der Waals surface area contributed by atoms with Gasteiger partial charge in [-0.05, 0) is 6.92 Å². The first-order valence-electron chi connectivity index (χ1n) is 2.43. The minimum atomic E-state index is -10.6. The van der Waals surface area contributed by atoms with Crippen LogP contribution in [0.15, 0.2) is 0 Å². The summed E-state index contributed by atoms with van der Waals surface area (Å²) in [5.41, 5.74) is 0. The standard InChI is InChI=1S/C2H5F5O3S2/c1-2-10-11(8,9)12(3,4,5,6)7/h2H2,1H3. The molecule has 0 aliphatic heterocycles. The molecule has 0 aromatic rings. The highest BCUT2D eigenvalue weighted by atomic mass is 33.3. The van der Waals surface area contributed by atoms with E-state index in [2.05, 4.69) is 4.18 Å². The topological polar surface area (TPSA) is 43.4 Å². The van der Waals surface area contributed by atoms with Gasteiger partial charge in [0.25, 0.3) is 0 Å². The van der Waals surface area contributed by atoms with E-state index >= 15 is 0 Å². The van der Waals surface area contributed by atoms with Crippen LogP contribution in [0.1, 0.15) is 6.92 Å². The fourth-order valence-electron chi connectivity index (χ4n) is 0.235. The molecule has 0 unspecified atom stereocenters. The third-order valence-corrected chi connectivity index (χ3v) is 4.55. The van der Waals surface area contributed by atoms with Crippen LogP contribution in [0.5, 0.6) is 0 Å². The van der Waals surface area contributed by atoms with Crippen LogP contribution in [0.2, 0.25) is 0 Å². The first kappa shape index (κ1) is 11.9. The molecule has 0 rings (SSSR count). The van der Waals surface area contributed by atoms with E-state index in [1.54, 1.807) is 0 Å². The average molecular weight is 236 g/mol. The molecule has 0 saturated carbocycles. The van der Waals surface area contributed by atoms with Crippen LogP contribution in [0.25, 0.3) is 0 Å². The number of halogens is 5. The zero-order chi connectivity index (χ0) is 10.3. The first-order chi connectivity index (χ1) is 4.81. The van der Waals surface area contributed by atoms with Crippen LogP contribution in [0.3, 0.4) is 0 Å². The number of hydrogen-bond donors (Lipinski definition) is 0. The van der Waals surface area contributed by atoms with Gasteiger partial charge in [-0.15, -0.1) is 0 Å². The van der Waals surface area contributed by atoms with Crippen LogP contribution in [0.4, 0.5) is 19.4 Å². The molecule has 0 spiro atoms. The van der Waals surface area contributed by atoms with Crippen LogP contribution < -0.4 is 0 Å². The normalized spacial score (nSPS) is 19.8. The summed E-state index contributed by atoms with van der Waals surface area (Å²) in [6, 6.07) is 0. The molecule has 0 aliphatic carbocycles. The minimum absolute atomic E-state index is 0.848.